The number of hydrogen-bond acceptors (Lipinski definition) is 4. The molecule has 0 unspecified atom stereocenters. The number of para-hydroxylation sites is 1. The van der Waals surface area contributed by atoms with Crippen LogP contribution >= 0.6 is 0 Å². The summed E-state index contributed by atoms with van der Waals surface area (Å²) in [5.74, 6) is 0.850. The van der Waals surface area contributed by atoms with Crippen molar-refractivity contribution in [3.63, 3.8) is 0 Å². The molecule has 0 N–H and O–H groups in total. The molecule has 0 atom stereocenters. The van der Waals surface area contributed by atoms with Gasteiger partial charge in [-0.1, -0.05) is 18.2 Å². The second-order valence-electron chi connectivity index (χ2n) is 4.97. The Morgan fingerprint density at radius 2 is 2.17 bits per heavy atom. The molecule has 0 radical (unpaired) electrons. The number of methoxy groups -OCH3 is 1. The molecular formula is C14H18N2O2. The van der Waals surface area contributed by atoms with Crippen LogP contribution in [0.25, 0.3) is 0 Å². The summed E-state index contributed by atoms with van der Waals surface area (Å²) in [6.45, 7) is 0.803. The fourth-order valence-corrected chi connectivity index (χ4v) is 2.30. The first kappa shape index (κ1) is 12.8. The van der Waals surface area contributed by atoms with Crippen molar-refractivity contribution in [2.75, 3.05) is 21.2 Å². The zero-order chi connectivity index (χ0) is 13.2. The van der Waals surface area contributed by atoms with Crippen molar-refractivity contribution in [2.24, 2.45) is 4.99 Å². The topological polar surface area (TPSA) is 41.9 Å². The van der Waals surface area contributed by atoms with Crippen molar-refractivity contribution >= 4 is 6.08 Å². The lowest BCUT2D eigenvalue weighted by Crippen LogP contribution is -2.14. The third-order valence-corrected chi connectivity index (χ3v) is 3.27. The van der Waals surface area contributed by atoms with Gasteiger partial charge in [-0.15, -0.1) is 0 Å². The molecule has 0 aliphatic heterocycles. The molecule has 0 bridgehead atoms. The zero-order valence-corrected chi connectivity index (χ0v) is 11.1. The van der Waals surface area contributed by atoms with E-state index in [0.717, 1.165) is 36.3 Å². The Morgan fingerprint density at radius 1 is 1.44 bits per heavy atom. The average Bonchev–Trinajstić information content (AvgIpc) is 3.09. The smallest absolute Gasteiger partial charge is 0.235 e. The van der Waals surface area contributed by atoms with Gasteiger partial charge >= 0.3 is 0 Å². The molecule has 4 heteroatoms. The summed E-state index contributed by atoms with van der Waals surface area (Å²) in [6, 6.07) is 6.03. The van der Waals surface area contributed by atoms with Crippen LogP contribution in [0.3, 0.4) is 0 Å². The van der Waals surface area contributed by atoms with E-state index in [9.17, 15) is 4.79 Å². The molecule has 1 saturated carbocycles. The Hall–Kier alpha value is -1.64. The van der Waals surface area contributed by atoms with Gasteiger partial charge in [0.05, 0.1) is 7.11 Å². The van der Waals surface area contributed by atoms with Crippen LogP contribution in [0, 0.1) is 0 Å². The van der Waals surface area contributed by atoms with E-state index in [1.165, 1.54) is 0 Å². The minimum atomic E-state index is -0.380. The van der Waals surface area contributed by atoms with E-state index in [0.29, 0.717) is 0 Å². The van der Waals surface area contributed by atoms with E-state index < -0.39 is 0 Å². The molecule has 1 aliphatic rings. The number of nitrogens with zero attached hydrogens (tertiary/aromatic N) is 2. The van der Waals surface area contributed by atoms with Crippen molar-refractivity contribution < 1.29 is 9.53 Å². The highest BCUT2D eigenvalue weighted by Gasteiger charge is 2.47. The van der Waals surface area contributed by atoms with Crippen molar-refractivity contribution in [1.29, 1.82) is 0 Å². The number of benzene rings is 1. The maximum Gasteiger partial charge on any atom is 0.235 e. The SMILES string of the molecule is COc1c(CN(C)C)cccc1C1(N=C=O)CC1. The van der Waals surface area contributed by atoms with Gasteiger partial charge in [-0.25, -0.2) is 4.79 Å². The Bertz CT molecular complexity index is 487. The van der Waals surface area contributed by atoms with E-state index in [4.69, 9.17) is 4.74 Å². The molecule has 0 amide bonds. The van der Waals surface area contributed by atoms with Crippen LogP contribution in [-0.2, 0) is 16.9 Å². The lowest BCUT2D eigenvalue weighted by molar-refractivity contribution is 0.366. The Kier molecular flexibility index (Phi) is 3.50. The van der Waals surface area contributed by atoms with Gasteiger partial charge in [0.2, 0.25) is 6.08 Å². The van der Waals surface area contributed by atoms with Crippen LogP contribution in [0.5, 0.6) is 5.75 Å². The second-order valence-corrected chi connectivity index (χ2v) is 4.97. The van der Waals surface area contributed by atoms with Crippen molar-refractivity contribution in [1.82, 2.24) is 4.90 Å². The maximum absolute atomic E-state index is 10.6. The van der Waals surface area contributed by atoms with E-state index in [2.05, 4.69) is 9.89 Å². The number of rotatable bonds is 5. The summed E-state index contributed by atoms with van der Waals surface area (Å²) in [5.41, 5.74) is 1.75. The van der Waals surface area contributed by atoms with Gasteiger partial charge < -0.3 is 9.64 Å². The summed E-state index contributed by atoms with van der Waals surface area (Å²) in [7, 11) is 5.70. The number of ether oxygens (including phenoxy) is 1. The fourth-order valence-electron chi connectivity index (χ4n) is 2.30. The predicted molar refractivity (Wildman–Crippen MR) is 69.4 cm³/mol. The monoisotopic (exact) mass is 246 g/mol. The first-order valence-electron chi connectivity index (χ1n) is 6.03. The van der Waals surface area contributed by atoms with Gasteiger partial charge in [-0.05, 0) is 26.9 Å². The largest absolute Gasteiger partial charge is 0.496 e. The van der Waals surface area contributed by atoms with Crippen molar-refractivity contribution in [2.45, 2.75) is 24.9 Å². The molecule has 18 heavy (non-hydrogen) atoms. The van der Waals surface area contributed by atoms with E-state index in [-0.39, 0.29) is 5.54 Å². The van der Waals surface area contributed by atoms with Crippen LogP contribution in [-0.4, -0.2) is 32.2 Å². The lowest BCUT2D eigenvalue weighted by atomic mass is 10.0. The highest BCUT2D eigenvalue weighted by Crippen LogP contribution is 2.52. The van der Waals surface area contributed by atoms with Gasteiger partial charge in [-0.3, -0.25) is 0 Å². The normalized spacial score (nSPS) is 16.2. The van der Waals surface area contributed by atoms with Crippen LogP contribution in [0.15, 0.2) is 23.2 Å². The van der Waals surface area contributed by atoms with E-state index in [1.54, 1.807) is 13.2 Å². The van der Waals surface area contributed by atoms with Gasteiger partial charge in [0.25, 0.3) is 0 Å². The first-order valence-corrected chi connectivity index (χ1v) is 6.03. The molecule has 1 aliphatic carbocycles. The minimum Gasteiger partial charge on any atom is -0.496 e. The summed E-state index contributed by atoms with van der Waals surface area (Å²) < 4.78 is 5.53. The predicted octanol–water partition coefficient (Wildman–Crippen LogP) is 2.08. The van der Waals surface area contributed by atoms with Crippen LogP contribution in [0.2, 0.25) is 0 Å². The Labute approximate surface area is 107 Å². The van der Waals surface area contributed by atoms with E-state index in [1.807, 2.05) is 32.3 Å². The molecule has 0 spiro atoms. The molecule has 1 aromatic carbocycles. The lowest BCUT2D eigenvalue weighted by Gasteiger charge is -2.19. The molecule has 96 valence electrons. The maximum atomic E-state index is 10.6. The third kappa shape index (κ3) is 2.30. The van der Waals surface area contributed by atoms with Crippen LogP contribution in [0.4, 0.5) is 0 Å². The summed E-state index contributed by atoms with van der Waals surface area (Å²) in [4.78, 5) is 16.6. The first-order chi connectivity index (χ1) is 8.63. The Morgan fingerprint density at radius 3 is 2.67 bits per heavy atom. The van der Waals surface area contributed by atoms with Crippen molar-refractivity contribution in [3.8, 4) is 5.75 Å². The van der Waals surface area contributed by atoms with E-state index >= 15 is 0 Å². The summed E-state index contributed by atoms with van der Waals surface area (Å²) in [6.07, 6.45) is 3.48. The van der Waals surface area contributed by atoms with Gasteiger partial charge in [0, 0.05) is 17.7 Å². The molecule has 0 saturated heterocycles. The second kappa shape index (κ2) is 4.92. The molecule has 0 aromatic heterocycles. The average molecular weight is 246 g/mol. The van der Waals surface area contributed by atoms with Gasteiger partial charge in [-0.2, -0.15) is 4.99 Å². The summed E-state index contributed by atoms with van der Waals surface area (Å²) >= 11 is 0. The van der Waals surface area contributed by atoms with Crippen LogP contribution < -0.4 is 4.74 Å². The highest BCUT2D eigenvalue weighted by molar-refractivity contribution is 5.50. The molecule has 1 aromatic rings. The fraction of sp³-hybridized carbons (Fsp3) is 0.500. The minimum absolute atomic E-state index is 0.380. The molecular weight excluding hydrogens is 228 g/mol. The third-order valence-electron chi connectivity index (χ3n) is 3.27. The summed E-state index contributed by atoms with van der Waals surface area (Å²) in [5, 5.41) is 0. The number of carbonyl (C=O) groups excluding carboxylic acids is 1. The van der Waals surface area contributed by atoms with Crippen molar-refractivity contribution in [3.05, 3.63) is 29.3 Å². The Balaban J connectivity index is 2.45. The number of isocyanates is 1. The number of hydrogen-bond donors (Lipinski definition) is 0. The molecule has 2 rings (SSSR count). The molecule has 1 fully saturated rings. The van der Waals surface area contributed by atoms with Crippen LogP contribution in [0.1, 0.15) is 24.0 Å². The molecule has 0 heterocycles. The van der Waals surface area contributed by atoms with Gasteiger partial charge in [0.15, 0.2) is 0 Å². The van der Waals surface area contributed by atoms with Gasteiger partial charge in [0.1, 0.15) is 11.3 Å². The standard InChI is InChI=1S/C14H18N2O2/c1-16(2)9-11-5-4-6-12(13(11)18-3)14(7-8-14)15-10-17/h4-6H,7-9H2,1-3H3. The highest BCUT2D eigenvalue weighted by atomic mass is 16.5. The zero-order valence-electron chi connectivity index (χ0n) is 11.1. The quantitative estimate of drug-likeness (QED) is 0.590. The number of aliphatic imine (C=N–C) groups is 1. The molecule has 4 nitrogen and oxygen atoms in total.